The van der Waals surface area contributed by atoms with Crippen LogP contribution in [0.15, 0.2) is 59.7 Å². The van der Waals surface area contributed by atoms with Crippen LogP contribution in [0.1, 0.15) is 38.8 Å². The summed E-state index contributed by atoms with van der Waals surface area (Å²) in [7, 11) is 0. The summed E-state index contributed by atoms with van der Waals surface area (Å²) in [5, 5.41) is 19.0. The number of nitriles is 2. The van der Waals surface area contributed by atoms with Gasteiger partial charge in [0.05, 0.1) is 0 Å². The first-order valence-corrected chi connectivity index (χ1v) is 16.1. The number of ether oxygens (including phenoxy) is 2. The van der Waals surface area contributed by atoms with Crippen molar-refractivity contribution in [2.75, 3.05) is 88.5 Å². The molecule has 0 aliphatic carbocycles. The van der Waals surface area contributed by atoms with E-state index in [9.17, 15) is 20.1 Å². The van der Waals surface area contributed by atoms with Gasteiger partial charge in [0.2, 0.25) is 0 Å². The number of carbonyl (C=O) groups excluding carboxylic acids is 2. The highest BCUT2D eigenvalue weighted by Crippen LogP contribution is 2.18. The smallest absolute Gasteiger partial charge is 0.348 e. The molecule has 244 valence electrons. The van der Waals surface area contributed by atoms with Gasteiger partial charge in [-0.05, 0) is 75.2 Å². The van der Waals surface area contributed by atoms with E-state index in [1.54, 1.807) is 12.2 Å². The number of hydrogen-bond donors (Lipinski definition) is 0. The lowest BCUT2D eigenvalue weighted by Crippen LogP contribution is -2.48. The fourth-order valence-corrected chi connectivity index (χ4v) is 5.27. The Morgan fingerprint density at radius 2 is 0.978 bits per heavy atom. The van der Waals surface area contributed by atoms with Crippen LogP contribution in [0, 0.1) is 22.7 Å². The molecule has 0 amide bonds. The van der Waals surface area contributed by atoms with Gasteiger partial charge in [0, 0.05) is 76.8 Å². The molecule has 10 nitrogen and oxygen atoms in total. The third kappa shape index (κ3) is 10.8. The summed E-state index contributed by atoms with van der Waals surface area (Å²) < 4.78 is 10.8. The molecule has 0 radical (unpaired) electrons. The summed E-state index contributed by atoms with van der Waals surface area (Å²) >= 11 is 0. The van der Waals surface area contributed by atoms with Crippen LogP contribution in [0.4, 0.5) is 11.4 Å². The van der Waals surface area contributed by atoms with Crippen molar-refractivity contribution in [2.24, 2.45) is 0 Å². The van der Waals surface area contributed by atoms with Gasteiger partial charge in [-0.2, -0.15) is 10.5 Å². The van der Waals surface area contributed by atoms with Crippen molar-refractivity contribution in [3.05, 3.63) is 70.8 Å². The molecule has 0 spiro atoms. The SMILES string of the molecule is CCN(CC)c1ccc(C=C(C#N)C(=O)OCCN2CCN(CCOC(=O)C(C#N)=Cc3ccc(N(CC)CC)cc3)CC2)cc1. The van der Waals surface area contributed by atoms with Gasteiger partial charge in [0.1, 0.15) is 36.5 Å². The van der Waals surface area contributed by atoms with E-state index in [0.717, 1.165) is 74.9 Å². The van der Waals surface area contributed by atoms with Crippen LogP contribution in [-0.4, -0.2) is 100 Å². The lowest BCUT2D eigenvalue weighted by molar-refractivity contribution is -0.140. The fraction of sp³-hybridized carbons (Fsp3) is 0.444. The molecule has 2 aromatic carbocycles. The normalized spacial score (nSPS) is 14.2. The third-order valence-electron chi connectivity index (χ3n) is 8.09. The number of hydrogen-bond acceptors (Lipinski definition) is 10. The topological polar surface area (TPSA) is 113 Å². The molecule has 0 saturated carbocycles. The average Bonchev–Trinajstić information content (AvgIpc) is 3.09. The minimum Gasteiger partial charge on any atom is -0.460 e. The van der Waals surface area contributed by atoms with Crippen LogP contribution >= 0.6 is 0 Å². The second kappa shape index (κ2) is 19.0. The van der Waals surface area contributed by atoms with Crippen LogP contribution in [0.25, 0.3) is 12.2 Å². The second-order valence-corrected chi connectivity index (χ2v) is 10.8. The summed E-state index contributed by atoms with van der Waals surface area (Å²) in [6.45, 7) is 16.6. The van der Waals surface area contributed by atoms with Gasteiger partial charge >= 0.3 is 11.9 Å². The molecule has 1 heterocycles. The molecule has 1 aliphatic rings. The summed E-state index contributed by atoms with van der Waals surface area (Å²) in [6.07, 6.45) is 3.11. The van der Waals surface area contributed by atoms with E-state index < -0.39 is 11.9 Å². The quantitative estimate of drug-likeness (QED) is 0.149. The Bertz CT molecular complexity index is 1300. The molecule has 0 unspecified atom stereocenters. The monoisotopic (exact) mass is 626 g/mol. The van der Waals surface area contributed by atoms with Gasteiger partial charge in [0.25, 0.3) is 0 Å². The molecule has 1 saturated heterocycles. The summed E-state index contributed by atoms with van der Waals surface area (Å²) in [6, 6.07) is 19.4. The van der Waals surface area contributed by atoms with Crippen molar-refractivity contribution in [3.63, 3.8) is 0 Å². The number of benzene rings is 2. The maximum Gasteiger partial charge on any atom is 0.348 e. The number of piperazine rings is 1. The Kier molecular flexibility index (Phi) is 14.8. The van der Waals surface area contributed by atoms with Gasteiger partial charge in [-0.15, -0.1) is 0 Å². The maximum atomic E-state index is 12.5. The Morgan fingerprint density at radius 3 is 1.26 bits per heavy atom. The Balaban J connectivity index is 1.37. The lowest BCUT2D eigenvalue weighted by atomic mass is 10.1. The minimum absolute atomic E-state index is 0.0300. The zero-order valence-electron chi connectivity index (χ0n) is 27.6. The largest absolute Gasteiger partial charge is 0.460 e. The summed E-state index contributed by atoms with van der Waals surface area (Å²) in [4.78, 5) is 33.9. The van der Waals surface area contributed by atoms with E-state index >= 15 is 0 Å². The number of esters is 2. The van der Waals surface area contributed by atoms with Crippen LogP contribution < -0.4 is 9.80 Å². The first-order chi connectivity index (χ1) is 22.3. The van der Waals surface area contributed by atoms with E-state index in [2.05, 4.69) is 47.3 Å². The Hall–Kier alpha value is -4.64. The van der Waals surface area contributed by atoms with Gasteiger partial charge in [-0.25, -0.2) is 9.59 Å². The van der Waals surface area contributed by atoms with Crippen molar-refractivity contribution >= 4 is 35.5 Å². The molecule has 2 aromatic rings. The van der Waals surface area contributed by atoms with Gasteiger partial charge < -0.3 is 19.3 Å². The molecule has 1 aliphatic heterocycles. The highest BCUT2D eigenvalue weighted by atomic mass is 16.5. The number of rotatable bonds is 16. The first kappa shape index (κ1) is 35.8. The Morgan fingerprint density at radius 1 is 0.652 bits per heavy atom. The first-order valence-electron chi connectivity index (χ1n) is 16.1. The van der Waals surface area contributed by atoms with E-state index in [4.69, 9.17) is 9.47 Å². The number of nitrogens with zero attached hydrogens (tertiary/aromatic N) is 6. The predicted octanol–water partition coefficient (Wildman–Crippen LogP) is 4.60. The molecular formula is C36H46N6O4. The predicted molar refractivity (Wildman–Crippen MR) is 182 cm³/mol. The van der Waals surface area contributed by atoms with Gasteiger partial charge in [-0.1, -0.05) is 24.3 Å². The average molecular weight is 627 g/mol. The van der Waals surface area contributed by atoms with Crippen molar-refractivity contribution in [1.29, 1.82) is 10.5 Å². The van der Waals surface area contributed by atoms with Gasteiger partial charge in [-0.3, -0.25) is 9.80 Å². The number of carbonyl (C=O) groups is 2. The fourth-order valence-electron chi connectivity index (χ4n) is 5.27. The zero-order valence-corrected chi connectivity index (χ0v) is 27.6. The summed E-state index contributed by atoms with van der Waals surface area (Å²) in [5.41, 5.74) is 3.67. The standard InChI is InChI=1S/C36H46N6O4/c1-5-41(6-2)33-13-9-29(10-14-33)25-31(27-37)35(43)45-23-21-39-17-19-40(20-18-39)22-24-46-36(44)32(28-38)26-30-11-15-34(16-12-30)42(7-3)8-4/h9-16,25-26H,5-8,17-24H2,1-4H3. The molecule has 0 bridgehead atoms. The van der Waals surface area contributed by atoms with Crippen molar-refractivity contribution in [1.82, 2.24) is 9.80 Å². The maximum absolute atomic E-state index is 12.5. The van der Waals surface area contributed by atoms with E-state index in [0.29, 0.717) is 13.1 Å². The molecule has 0 N–H and O–H groups in total. The van der Waals surface area contributed by atoms with Crippen LogP contribution in [0.5, 0.6) is 0 Å². The van der Waals surface area contributed by atoms with Crippen molar-refractivity contribution < 1.29 is 19.1 Å². The Labute approximate surface area is 273 Å². The van der Waals surface area contributed by atoms with E-state index in [1.165, 1.54) is 0 Å². The highest BCUT2D eigenvalue weighted by Gasteiger charge is 2.19. The van der Waals surface area contributed by atoms with Crippen LogP contribution in [0.3, 0.4) is 0 Å². The van der Waals surface area contributed by atoms with Crippen LogP contribution in [0.2, 0.25) is 0 Å². The molecule has 1 fully saturated rings. The summed E-state index contributed by atoms with van der Waals surface area (Å²) in [5.74, 6) is -1.25. The molecule has 0 aromatic heterocycles. The van der Waals surface area contributed by atoms with E-state index in [1.807, 2.05) is 60.7 Å². The zero-order chi connectivity index (χ0) is 33.3. The number of anilines is 2. The van der Waals surface area contributed by atoms with Gasteiger partial charge in [0.15, 0.2) is 0 Å². The minimum atomic E-state index is -0.627. The van der Waals surface area contributed by atoms with Crippen molar-refractivity contribution in [2.45, 2.75) is 27.7 Å². The van der Waals surface area contributed by atoms with Crippen molar-refractivity contribution in [3.8, 4) is 12.1 Å². The third-order valence-corrected chi connectivity index (χ3v) is 8.09. The molecular weight excluding hydrogens is 580 g/mol. The molecule has 10 heteroatoms. The molecule has 0 atom stereocenters. The molecule has 3 rings (SSSR count). The highest BCUT2D eigenvalue weighted by molar-refractivity contribution is 5.98. The molecule has 46 heavy (non-hydrogen) atoms. The van der Waals surface area contributed by atoms with E-state index in [-0.39, 0.29) is 24.4 Å². The van der Waals surface area contributed by atoms with Crippen LogP contribution in [-0.2, 0) is 19.1 Å². The second-order valence-electron chi connectivity index (χ2n) is 10.8. The lowest BCUT2D eigenvalue weighted by Gasteiger charge is -2.34.